The highest BCUT2D eigenvalue weighted by molar-refractivity contribution is 5.36. The average Bonchev–Trinajstić information content (AvgIpc) is 2.10. The van der Waals surface area contributed by atoms with Gasteiger partial charge < -0.3 is 0 Å². The summed E-state index contributed by atoms with van der Waals surface area (Å²) in [5, 5.41) is 0. The zero-order chi connectivity index (χ0) is 9.84. The van der Waals surface area contributed by atoms with Gasteiger partial charge in [0.05, 0.1) is 0 Å². The van der Waals surface area contributed by atoms with E-state index >= 15 is 0 Å². The molecule has 0 saturated heterocycles. The molecule has 0 fully saturated rings. The van der Waals surface area contributed by atoms with Crippen LogP contribution in [0.2, 0.25) is 0 Å². The van der Waals surface area contributed by atoms with Gasteiger partial charge in [-0.2, -0.15) is 0 Å². The molecule has 0 aliphatic carbocycles. The quantitative estimate of drug-likeness (QED) is 0.599. The lowest BCUT2D eigenvalue weighted by atomic mass is 9.92. The Morgan fingerprint density at radius 2 is 2.08 bits per heavy atom. The highest BCUT2D eigenvalue weighted by atomic mass is 14.1. The molecule has 0 spiro atoms. The van der Waals surface area contributed by atoms with Gasteiger partial charge in [0.15, 0.2) is 0 Å². The maximum atomic E-state index is 5.47. The lowest BCUT2D eigenvalue weighted by molar-refractivity contribution is 0.823. The summed E-state index contributed by atoms with van der Waals surface area (Å²) < 4.78 is 0. The molecule has 68 valence electrons. The van der Waals surface area contributed by atoms with Crippen LogP contribution in [0.4, 0.5) is 0 Å². The number of rotatable bonds is 2. The molecule has 0 aliphatic heterocycles. The van der Waals surface area contributed by atoms with Gasteiger partial charge in [-0.15, -0.1) is 6.42 Å². The molecule has 0 aliphatic rings. The second-order valence-electron chi connectivity index (χ2n) is 3.49. The zero-order valence-electron chi connectivity index (χ0n) is 8.59. The van der Waals surface area contributed by atoms with Crippen LogP contribution in [0.5, 0.6) is 0 Å². The third-order valence-electron chi connectivity index (χ3n) is 2.41. The van der Waals surface area contributed by atoms with Crippen LogP contribution in [0.25, 0.3) is 0 Å². The van der Waals surface area contributed by atoms with E-state index in [1.54, 1.807) is 0 Å². The normalized spacial score (nSPS) is 12.2. The fourth-order valence-electron chi connectivity index (χ4n) is 1.64. The van der Waals surface area contributed by atoms with Crippen molar-refractivity contribution in [1.82, 2.24) is 0 Å². The second kappa shape index (κ2) is 4.14. The molecule has 13 heavy (non-hydrogen) atoms. The molecule has 0 bridgehead atoms. The van der Waals surface area contributed by atoms with Gasteiger partial charge in [0, 0.05) is 5.92 Å². The Balaban J connectivity index is 3.09. The minimum Gasteiger partial charge on any atom is -0.119 e. The van der Waals surface area contributed by atoms with Crippen LogP contribution in [0.3, 0.4) is 0 Å². The molecule has 0 saturated carbocycles. The molecule has 0 heterocycles. The third-order valence-corrected chi connectivity index (χ3v) is 2.41. The smallest absolute Gasteiger partial charge is 0.0449 e. The van der Waals surface area contributed by atoms with Crippen molar-refractivity contribution < 1.29 is 0 Å². The van der Waals surface area contributed by atoms with Crippen LogP contribution >= 0.6 is 0 Å². The molecule has 0 amide bonds. The van der Waals surface area contributed by atoms with Crippen molar-refractivity contribution in [2.75, 3.05) is 0 Å². The van der Waals surface area contributed by atoms with Crippen molar-refractivity contribution in [3.8, 4) is 12.3 Å². The molecule has 0 radical (unpaired) electrons. The minimum absolute atomic E-state index is 0.278. The number of benzene rings is 1. The van der Waals surface area contributed by atoms with Crippen molar-refractivity contribution in [2.24, 2.45) is 0 Å². The zero-order valence-corrected chi connectivity index (χ0v) is 8.59. The topological polar surface area (TPSA) is 0 Å². The van der Waals surface area contributed by atoms with Crippen LogP contribution < -0.4 is 0 Å². The van der Waals surface area contributed by atoms with Crippen molar-refractivity contribution in [1.29, 1.82) is 0 Å². The van der Waals surface area contributed by atoms with E-state index < -0.39 is 0 Å². The van der Waals surface area contributed by atoms with Gasteiger partial charge in [-0.25, -0.2) is 0 Å². The van der Waals surface area contributed by atoms with Gasteiger partial charge in [-0.05, 0) is 31.4 Å². The Kier molecular flexibility index (Phi) is 3.14. The van der Waals surface area contributed by atoms with E-state index in [-0.39, 0.29) is 5.92 Å². The largest absolute Gasteiger partial charge is 0.119 e. The van der Waals surface area contributed by atoms with Gasteiger partial charge in [-0.3, -0.25) is 0 Å². The van der Waals surface area contributed by atoms with E-state index in [1.165, 1.54) is 16.7 Å². The van der Waals surface area contributed by atoms with E-state index in [9.17, 15) is 0 Å². The summed E-state index contributed by atoms with van der Waals surface area (Å²) in [5.41, 5.74) is 3.91. The van der Waals surface area contributed by atoms with Crippen LogP contribution in [0.15, 0.2) is 18.2 Å². The van der Waals surface area contributed by atoms with Gasteiger partial charge >= 0.3 is 0 Å². The Hall–Kier alpha value is -1.22. The lowest BCUT2D eigenvalue weighted by Gasteiger charge is -2.11. The fraction of sp³-hybridized carbons (Fsp3) is 0.385. The maximum absolute atomic E-state index is 5.47. The molecule has 0 heteroatoms. The highest BCUT2D eigenvalue weighted by Crippen LogP contribution is 2.22. The maximum Gasteiger partial charge on any atom is 0.0449 e. The molecule has 0 N–H and O–H groups in total. The average molecular weight is 172 g/mol. The summed E-state index contributed by atoms with van der Waals surface area (Å²) in [4.78, 5) is 0. The van der Waals surface area contributed by atoms with Crippen molar-refractivity contribution in [3.05, 3.63) is 34.9 Å². The van der Waals surface area contributed by atoms with Crippen molar-refractivity contribution in [2.45, 2.75) is 33.1 Å². The molecule has 1 unspecified atom stereocenters. The van der Waals surface area contributed by atoms with Gasteiger partial charge in [0.1, 0.15) is 0 Å². The Labute approximate surface area is 81.0 Å². The summed E-state index contributed by atoms with van der Waals surface area (Å²) in [6.07, 6.45) is 6.49. The third kappa shape index (κ3) is 2.12. The first kappa shape index (κ1) is 9.86. The predicted octanol–water partition coefficient (Wildman–Crippen LogP) is 3.43. The molecule has 1 aromatic rings. The van der Waals surface area contributed by atoms with E-state index in [0.29, 0.717) is 0 Å². The number of aryl methyl sites for hydroxylation is 2. The molecule has 1 atom stereocenters. The summed E-state index contributed by atoms with van der Waals surface area (Å²) in [7, 11) is 0. The fourth-order valence-corrected chi connectivity index (χ4v) is 1.64. The summed E-state index contributed by atoms with van der Waals surface area (Å²) in [6, 6.07) is 6.47. The number of terminal acetylenes is 1. The first-order chi connectivity index (χ1) is 6.19. The van der Waals surface area contributed by atoms with Crippen molar-refractivity contribution >= 4 is 0 Å². The molecular formula is C13H16. The highest BCUT2D eigenvalue weighted by Gasteiger charge is 2.07. The van der Waals surface area contributed by atoms with E-state index in [2.05, 4.69) is 44.9 Å². The molecular weight excluding hydrogens is 156 g/mol. The summed E-state index contributed by atoms with van der Waals surface area (Å²) in [5.74, 6) is 3.11. The van der Waals surface area contributed by atoms with E-state index in [1.807, 2.05) is 0 Å². The molecule has 0 nitrogen and oxygen atoms in total. The Bertz CT molecular complexity index is 328. The second-order valence-corrected chi connectivity index (χ2v) is 3.49. The van der Waals surface area contributed by atoms with Gasteiger partial charge in [0.25, 0.3) is 0 Å². The van der Waals surface area contributed by atoms with E-state index in [0.717, 1.165) is 6.42 Å². The number of hydrogen-bond donors (Lipinski definition) is 0. The minimum atomic E-state index is 0.278. The number of hydrogen-bond acceptors (Lipinski definition) is 0. The lowest BCUT2D eigenvalue weighted by Crippen LogP contribution is -1.97. The van der Waals surface area contributed by atoms with Crippen molar-refractivity contribution in [3.63, 3.8) is 0 Å². The predicted molar refractivity (Wildman–Crippen MR) is 57.8 cm³/mol. The van der Waals surface area contributed by atoms with Gasteiger partial charge in [0.2, 0.25) is 0 Å². The van der Waals surface area contributed by atoms with Crippen LogP contribution in [0, 0.1) is 26.2 Å². The van der Waals surface area contributed by atoms with E-state index in [4.69, 9.17) is 6.42 Å². The van der Waals surface area contributed by atoms with Gasteiger partial charge in [-0.1, -0.05) is 36.6 Å². The van der Waals surface area contributed by atoms with Crippen LogP contribution in [0.1, 0.15) is 36.0 Å². The first-order valence-electron chi connectivity index (χ1n) is 4.72. The molecule has 1 aromatic carbocycles. The Morgan fingerprint density at radius 1 is 1.38 bits per heavy atom. The standard InChI is InChI=1S/C13H16/c1-5-12(6-2)13-8-7-10(3)9-11(13)4/h1,7-9,12H,6H2,2-4H3. The van der Waals surface area contributed by atoms with Crippen LogP contribution in [-0.2, 0) is 0 Å². The molecule has 1 rings (SSSR count). The summed E-state index contributed by atoms with van der Waals surface area (Å²) in [6.45, 7) is 6.36. The Morgan fingerprint density at radius 3 is 2.54 bits per heavy atom. The van der Waals surface area contributed by atoms with Crippen LogP contribution in [-0.4, -0.2) is 0 Å². The monoisotopic (exact) mass is 172 g/mol. The first-order valence-corrected chi connectivity index (χ1v) is 4.72. The molecule has 0 aromatic heterocycles. The summed E-state index contributed by atoms with van der Waals surface area (Å²) >= 11 is 0. The SMILES string of the molecule is C#CC(CC)c1ccc(C)cc1C.